The van der Waals surface area contributed by atoms with Crippen LogP contribution in [0, 0.1) is 0 Å². The number of ether oxygens (including phenoxy) is 1. The maximum Gasteiger partial charge on any atom is 0.0884 e. The van der Waals surface area contributed by atoms with E-state index < -0.39 is 10.8 Å². The summed E-state index contributed by atoms with van der Waals surface area (Å²) in [5, 5.41) is 0.397. The van der Waals surface area contributed by atoms with E-state index in [2.05, 4.69) is 0 Å². The van der Waals surface area contributed by atoms with Gasteiger partial charge in [-0.2, -0.15) is 0 Å². The highest BCUT2D eigenvalue weighted by molar-refractivity contribution is 7.85. The summed E-state index contributed by atoms with van der Waals surface area (Å²) >= 11 is 0. The van der Waals surface area contributed by atoms with Gasteiger partial charge in [-0.3, -0.25) is 4.21 Å². The first-order valence-corrected chi connectivity index (χ1v) is 8.41. The Hall–Kier alpha value is -0.310. The van der Waals surface area contributed by atoms with E-state index in [1.807, 2.05) is 6.26 Å². The molecule has 1 saturated carbocycles. The van der Waals surface area contributed by atoms with Gasteiger partial charge in [0.05, 0.1) is 12.9 Å². The van der Waals surface area contributed by atoms with Crippen LogP contribution < -0.4 is 0 Å². The lowest BCUT2D eigenvalue weighted by Gasteiger charge is -2.21. The Kier molecular flexibility index (Phi) is 5.56. The Morgan fingerprint density at radius 1 is 1.18 bits per heavy atom. The van der Waals surface area contributed by atoms with E-state index in [4.69, 9.17) is 4.74 Å². The lowest BCUT2D eigenvalue weighted by Crippen LogP contribution is -2.23. The second-order valence-corrected chi connectivity index (χ2v) is 7.04. The Bertz CT molecular complexity index is 278. The SMILES string of the molecule is O=S1CCCCC1CCOC=C1CCCCC1. The molecule has 98 valence electrons. The lowest BCUT2D eigenvalue weighted by atomic mass is 9.96. The number of hydrogen-bond donors (Lipinski definition) is 0. The monoisotopic (exact) mass is 256 g/mol. The van der Waals surface area contributed by atoms with Crippen LogP contribution in [0.5, 0.6) is 0 Å². The minimum Gasteiger partial charge on any atom is -0.501 e. The van der Waals surface area contributed by atoms with Gasteiger partial charge in [-0.15, -0.1) is 0 Å². The number of hydrogen-bond acceptors (Lipinski definition) is 2. The van der Waals surface area contributed by atoms with Crippen LogP contribution in [0.15, 0.2) is 11.8 Å². The first kappa shape index (κ1) is 13.1. The molecule has 1 aliphatic carbocycles. The number of rotatable bonds is 4. The molecular formula is C14H24O2S. The molecule has 3 heteroatoms. The summed E-state index contributed by atoms with van der Waals surface area (Å²) in [7, 11) is -0.587. The summed E-state index contributed by atoms with van der Waals surface area (Å²) in [5.41, 5.74) is 1.47. The van der Waals surface area contributed by atoms with Crippen molar-refractivity contribution in [1.82, 2.24) is 0 Å². The van der Waals surface area contributed by atoms with E-state index in [1.54, 1.807) is 0 Å². The van der Waals surface area contributed by atoms with Crippen molar-refractivity contribution in [3.8, 4) is 0 Å². The van der Waals surface area contributed by atoms with E-state index in [-0.39, 0.29) is 0 Å². The zero-order chi connectivity index (χ0) is 11.9. The summed E-state index contributed by atoms with van der Waals surface area (Å²) in [6.07, 6.45) is 12.9. The van der Waals surface area contributed by atoms with Crippen molar-refractivity contribution >= 4 is 10.8 Å². The van der Waals surface area contributed by atoms with Crippen molar-refractivity contribution in [2.75, 3.05) is 12.4 Å². The van der Waals surface area contributed by atoms with Crippen molar-refractivity contribution in [2.24, 2.45) is 0 Å². The molecule has 1 heterocycles. The predicted octanol–water partition coefficient (Wildman–Crippen LogP) is 3.54. The highest BCUT2D eigenvalue weighted by Gasteiger charge is 2.20. The largest absolute Gasteiger partial charge is 0.501 e. The van der Waals surface area contributed by atoms with Crippen LogP contribution in [0.1, 0.15) is 57.8 Å². The highest BCUT2D eigenvalue weighted by Crippen LogP contribution is 2.23. The molecule has 2 rings (SSSR count). The van der Waals surface area contributed by atoms with Crippen LogP contribution in [0.2, 0.25) is 0 Å². The standard InChI is InChI=1S/C14H24O2S/c15-17-11-5-4-8-14(17)9-10-16-12-13-6-2-1-3-7-13/h12,14H,1-11H2. The van der Waals surface area contributed by atoms with E-state index >= 15 is 0 Å². The van der Waals surface area contributed by atoms with Crippen molar-refractivity contribution in [3.05, 3.63) is 11.8 Å². The third-order valence-corrected chi connectivity index (χ3v) is 5.70. The van der Waals surface area contributed by atoms with E-state index in [9.17, 15) is 4.21 Å². The molecule has 0 N–H and O–H groups in total. The van der Waals surface area contributed by atoms with Crippen molar-refractivity contribution in [1.29, 1.82) is 0 Å². The van der Waals surface area contributed by atoms with Crippen molar-refractivity contribution < 1.29 is 8.95 Å². The van der Waals surface area contributed by atoms with Gasteiger partial charge in [0.15, 0.2) is 0 Å². The molecular weight excluding hydrogens is 232 g/mol. The zero-order valence-electron chi connectivity index (χ0n) is 10.7. The zero-order valence-corrected chi connectivity index (χ0v) is 11.5. The predicted molar refractivity (Wildman–Crippen MR) is 72.4 cm³/mol. The van der Waals surface area contributed by atoms with Crippen LogP contribution in [-0.4, -0.2) is 21.8 Å². The topological polar surface area (TPSA) is 26.3 Å². The Labute approximate surface area is 107 Å². The molecule has 17 heavy (non-hydrogen) atoms. The highest BCUT2D eigenvalue weighted by atomic mass is 32.2. The van der Waals surface area contributed by atoms with Gasteiger partial charge in [0, 0.05) is 21.8 Å². The van der Waals surface area contributed by atoms with Gasteiger partial charge in [-0.1, -0.05) is 12.8 Å². The van der Waals surface area contributed by atoms with Gasteiger partial charge in [-0.05, 0) is 50.5 Å². The third-order valence-electron chi connectivity index (χ3n) is 3.80. The minimum absolute atomic E-state index is 0.397. The molecule has 1 aliphatic heterocycles. The molecule has 0 bridgehead atoms. The smallest absolute Gasteiger partial charge is 0.0884 e. The molecule has 1 saturated heterocycles. The third kappa shape index (κ3) is 4.46. The van der Waals surface area contributed by atoms with E-state index in [1.165, 1.54) is 44.1 Å². The molecule has 0 radical (unpaired) electrons. The molecule has 0 aromatic carbocycles. The van der Waals surface area contributed by atoms with Gasteiger partial charge in [0.25, 0.3) is 0 Å². The van der Waals surface area contributed by atoms with Gasteiger partial charge in [-0.25, -0.2) is 0 Å². The van der Waals surface area contributed by atoms with Gasteiger partial charge in [0.1, 0.15) is 0 Å². The fraction of sp³-hybridized carbons (Fsp3) is 0.857. The summed E-state index contributed by atoms with van der Waals surface area (Å²) in [6, 6.07) is 0. The quantitative estimate of drug-likeness (QED) is 0.568. The van der Waals surface area contributed by atoms with E-state index in [0.29, 0.717) is 5.25 Å². The molecule has 0 spiro atoms. The Balaban J connectivity index is 1.63. The maximum atomic E-state index is 11.7. The molecule has 0 amide bonds. The minimum atomic E-state index is -0.587. The van der Waals surface area contributed by atoms with Gasteiger partial charge < -0.3 is 4.74 Å². The maximum absolute atomic E-state index is 11.7. The summed E-state index contributed by atoms with van der Waals surface area (Å²) in [4.78, 5) is 0. The molecule has 2 fully saturated rings. The van der Waals surface area contributed by atoms with Crippen LogP contribution >= 0.6 is 0 Å². The van der Waals surface area contributed by atoms with Gasteiger partial charge >= 0.3 is 0 Å². The van der Waals surface area contributed by atoms with Crippen LogP contribution in [-0.2, 0) is 15.5 Å². The van der Waals surface area contributed by atoms with Crippen LogP contribution in [0.3, 0.4) is 0 Å². The van der Waals surface area contributed by atoms with E-state index in [0.717, 1.165) is 31.6 Å². The van der Waals surface area contributed by atoms with Crippen LogP contribution in [0.25, 0.3) is 0 Å². The van der Waals surface area contributed by atoms with Crippen molar-refractivity contribution in [2.45, 2.75) is 63.0 Å². The summed E-state index contributed by atoms with van der Waals surface area (Å²) < 4.78 is 17.4. The number of allylic oxidation sites excluding steroid dienone is 1. The molecule has 0 aromatic heterocycles. The first-order valence-electron chi connectivity index (χ1n) is 7.03. The van der Waals surface area contributed by atoms with Crippen molar-refractivity contribution in [3.63, 3.8) is 0 Å². The molecule has 2 aliphatic rings. The summed E-state index contributed by atoms with van der Waals surface area (Å²) in [5.74, 6) is 0.908. The normalized spacial score (nSPS) is 30.0. The average molecular weight is 256 g/mol. The Morgan fingerprint density at radius 2 is 2.00 bits per heavy atom. The second kappa shape index (κ2) is 7.20. The lowest BCUT2D eigenvalue weighted by molar-refractivity contribution is 0.235. The Morgan fingerprint density at radius 3 is 2.76 bits per heavy atom. The molecule has 2 nitrogen and oxygen atoms in total. The second-order valence-electron chi connectivity index (χ2n) is 5.20. The molecule has 0 aromatic rings. The summed E-state index contributed by atoms with van der Waals surface area (Å²) in [6.45, 7) is 0.750. The van der Waals surface area contributed by atoms with Gasteiger partial charge in [0.2, 0.25) is 0 Å². The van der Waals surface area contributed by atoms with Crippen LogP contribution in [0.4, 0.5) is 0 Å². The first-order chi connectivity index (χ1) is 8.36. The molecule has 2 unspecified atom stereocenters. The molecule has 2 atom stereocenters. The fourth-order valence-electron chi connectivity index (χ4n) is 2.69. The fourth-order valence-corrected chi connectivity index (χ4v) is 4.30. The average Bonchev–Trinajstić information content (AvgIpc) is 2.38.